The molecule has 0 radical (unpaired) electrons. The highest BCUT2D eigenvalue weighted by Crippen LogP contribution is 2.57. The Morgan fingerprint density at radius 3 is 1.31 bits per heavy atom. The van der Waals surface area contributed by atoms with E-state index in [0.717, 1.165) is 34.1 Å². The van der Waals surface area contributed by atoms with E-state index in [4.69, 9.17) is 11.6 Å². The van der Waals surface area contributed by atoms with Crippen molar-refractivity contribution in [2.24, 2.45) is 0 Å². The van der Waals surface area contributed by atoms with Crippen LogP contribution in [0.1, 0.15) is 22.3 Å². The monoisotopic (exact) mass is 686 g/mol. The molecule has 0 heterocycles. The first kappa shape index (κ1) is 31.6. The summed E-state index contributed by atoms with van der Waals surface area (Å²) in [6.07, 6.45) is 0. The van der Waals surface area contributed by atoms with Gasteiger partial charge in [0.05, 0.1) is 5.41 Å². The summed E-state index contributed by atoms with van der Waals surface area (Å²) >= 11 is 6.70. The lowest BCUT2D eigenvalue weighted by atomic mass is 9.68. The maximum absolute atomic E-state index is 6.70. The number of hydrogen-bond acceptors (Lipinski definition) is 2. The number of halogens is 1. The van der Waals surface area contributed by atoms with Crippen LogP contribution in [0, 0.1) is 0 Å². The Morgan fingerprint density at radius 1 is 0.308 bits per heavy atom. The Morgan fingerprint density at radius 2 is 0.731 bits per heavy atom. The minimum Gasteiger partial charge on any atom is -0.310 e. The molecule has 0 spiro atoms. The van der Waals surface area contributed by atoms with Crippen LogP contribution in [0.4, 0.5) is 34.1 Å². The second kappa shape index (κ2) is 13.4. The average molecular weight is 687 g/mol. The molecule has 0 aliphatic heterocycles. The molecule has 52 heavy (non-hydrogen) atoms. The predicted octanol–water partition coefficient (Wildman–Crippen LogP) is 13.6. The van der Waals surface area contributed by atoms with E-state index in [0.29, 0.717) is 5.02 Å². The van der Waals surface area contributed by atoms with Crippen LogP contribution in [-0.4, -0.2) is 0 Å². The van der Waals surface area contributed by atoms with E-state index in [1.54, 1.807) is 0 Å². The summed E-state index contributed by atoms with van der Waals surface area (Å²) in [5.41, 5.74) is 13.4. The van der Waals surface area contributed by atoms with Crippen LogP contribution in [0.15, 0.2) is 212 Å². The number of rotatable bonds is 8. The van der Waals surface area contributed by atoms with Gasteiger partial charge in [-0.2, -0.15) is 0 Å². The van der Waals surface area contributed by atoms with Crippen molar-refractivity contribution in [1.82, 2.24) is 0 Å². The molecule has 0 amide bonds. The molecule has 0 bridgehead atoms. The first-order valence-electron chi connectivity index (χ1n) is 17.6. The SMILES string of the molecule is Clc1cccc(N(c2cccc(N(c3ccccc3)c3ccccc3)c2)c2ccc3c(c2)-c2ccccc2C3(c2ccccc2)c2ccccc2)c1. The van der Waals surface area contributed by atoms with Crippen LogP contribution in [-0.2, 0) is 5.41 Å². The summed E-state index contributed by atoms with van der Waals surface area (Å²) in [5.74, 6) is 0. The Bertz CT molecular complexity index is 2400. The van der Waals surface area contributed by atoms with Crippen LogP contribution in [0.3, 0.4) is 0 Å². The number of para-hydroxylation sites is 2. The van der Waals surface area contributed by atoms with Crippen molar-refractivity contribution in [3.8, 4) is 11.1 Å². The van der Waals surface area contributed by atoms with Gasteiger partial charge < -0.3 is 9.80 Å². The number of anilines is 6. The lowest BCUT2D eigenvalue weighted by Gasteiger charge is -2.34. The molecular formula is C49H35ClN2. The zero-order chi connectivity index (χ0) is 34.9. The van der Waals surface area contributed by atoms with Gasteiger partial charge in [0, 0.05) is 39.1 Å². The normalized spacial score (nSPS) is 12.5. The van der Waals surface area contributed by atoms with Crippen LogP contribution < -0.4 is 9.80 Å². The van der Waals surface area contributed by atoms with Gasteiger partial charge in [-0.15, -0.1) is 0 Å². The first-order valence-corrected chi connectivity index (χ1v) is 18.0. The van der Waals surface area contributed by atoms with Crippen LogP contribution in [0.2, 0.25) is 5.02 Å². The molecule has 0 fully saturated rings. The van der Waals surface area contributed by atoms with E-state index < -0.39 is 5.41 Å². The Kier molecular flexibility index (Phi) is 8.15. The molecule has 9 rings (SSSR count). The number of fused-ring (bicyclic) bond motifs is 3. The molecule has 1 aliphatic rings. The van der Waals surface area contributed by atoms with E-state index in [9.17, 15) is 0 Å². The number of hydrogen-bond donors (Lipinski definition) is 0. The van der Waals surface area contributed by atoms with E-state index >= 15 is 0 Å². The topological polar surface area (TPSA) is 6.48 Å². The second-order valence-corrected chi connectivity index (χ2v) is 13.5. The summed E-state index contributed by atoms with van der Waals surface area (Å²) in [6, 6.07) is 75.7. The fraction of sp³-hybridized carbons (Fsp3) is 0.0204. The summed E-state index contributed by atoms with van der Waals surface area (Å²) in [4.78, 5) is 4.62. The molecular weight excluding hydrogens is 652 g/mol. The molecule has 0 atom stereocenters. The van der Waals surface area contributed by atoms with Crippen LogP contribution in [0.25, 0.3) is 11.1 Å². The van der Waals surface area contributed by atoms with Gasteiger partial charge in [0.1, 0.15) is 0 Å². The summed E-state index contributed by atoms with van der Waals surface area (Å²) in [6.45, 7) is 0. The van der Waals surface area contributed by atoms with Crippen molar-refractivity contribution >= 4 is 45.7 Å². The molecule has 3 heteroatoms. The van der Waals surface area contributed by atoms with Gasteiger partial charge in [-0.25, -0.2) is 0 Å². The van der Waals surface area contributed by atoms with Crippen molar-refractivity contribution in [2.75, 3.05) is 9.80 Å². The van der Waals surface area contributed by atoms with Crippen molar-refractivity contribution in [3.63, 3.8) is 0 Å². The summed E-state index contributed by atoms with van der Waals surface area (Å²) in [7, 11) is 0. The maximum Gasteiger partial charge on any atom is 0.0713 e. The van der Waals surface area contributed by atoms with Gasteiger partial charge in [0.25, 0.3) is 0 Å². The van der Waals surface area contributed by atoms with Crippen molar-refractivity contribution in [2.45, 2.75) is 5.41 Å². The maximum atomic E-state index is 6.70. The molecule has 0 aromatic heterocycles. The van der Waals surface area contributed by atoms with E-state index in [-0.39, 0.29) is 0 Å². The van der Waals surface area contributed by atoms with E-state index in [1.807, 2.05) is 18.2 Å². The third kappa shape index (κ3) is 5.37. The van der Waals surface area contributed by atoms with Crippen LogP contribution >= 0.6 is 11.6 Å². The van der Waals surface area contributed by atoms with Crippen LogP contribution in [0.5, 0.6) is 0 Å². The molecule has 8 aromatic rings. The van der Waals surface area contributed by atoms with Gasteiger partial charge in [-0.1, -0.05) is 151 Å². The van der Waals surface area contributed by atoms with Crippen molar-refractivity contribution in [1.29, 1.82) is 0 Å². The highest BCUT2D eigenvalue weighted by atomic mass is 35.5. The quantitative estimate of drug-likeness (QED) is 0.157. The van der Waals surface area contributed by atoms with Gasteiger partial charge >= 0.3 is 0 Å². The minimum absolute atomic E-state index is 0.459. The predicted molar refractivity (Wildman–Crippen MR) is 218 cm³/mol. The smallest absolute Gasteiger partial charge is 0.0713 e. The summed E-state index contributed by atoms with van der Waals surface area (Å²) < 4.78 is 0. The molecule has 0 saturated heterocycles. The standard InChI is InChI=1S/C49H35ClN2/c50-38-21-15-26-41(33-38)52(43-28-16-27-42(34-43)51(39-22-9-3-10-23-39)40-24-11-4-12-25-40)44-31-32-48-46(35-44)45-29-13-14-30-47(45)49(48,36-17-5-1-6-18-36)37-19-7-2-8-20-37/h1-35H. The highest BCUT2D eigenvalue weighted by molar-refractivity contribution is 6.30. The first-order chi connectivity index (χ1) is 25.7. The molecule has 0 unspecified atom stereocenters. The largest absolute Gasteiger partial charge is 0.310 e. The Balaban J connectivity index is 1.26. The zero-order valence-corrected chi connectivity index (χ0v) is 29.2. The molecule has 0 N–H and O–H groups in total. The lowest BCUT2D eigenvalue weighted by Crippen LogP contribution is -2.28. The van der Waals surface area contributed by atoms with Crippen molar-refractivity contribution in [3.05, 3.63) is 240 Å². The molecule has 1 aliphatic carbocycles. The Labute approximate surface area is 310 Å². The van der Waals surface area contributed by atoms with Gasteiger partial charge in [0.15, 0.2) is 0 Å². The average Bonchev–Trinajstić information content (AvgIpc) is 3.50. The minimum atomic E-state index is -0.459. The Hall–Kier alpha value is -6.35. The number of nitrogens with zero attached hydrogens (tertiary/aromatic N) is 2. The van der Waals surface area contributed by atoms with E-state index in [1.165, 1.54) is 33.4 Å². The second-order valence-electron chi connectivity index (χ2n) is 13.1. The van der Waals surface area contributed by atoms with Gasteiger partial charge in [-0.05, 0) is 106 Å². The third-order valence-electron chi connectivity index (χ3n) is 10.1. The highest BCUT2D eigenvalue weighted by Gasteiger charge is 2.46. The van der Waals surface area contributed by atoms with E-state index in [2.05, 4.69) is 204 Å². The summed E-state index contributed by atoms with van der Waals surface area (Å²) in [5, 5.41) is 0.688. The molecule has 2 nitrogen and oxygen atoms in total. The molecule has 0 saturated carbocycles. The van der Waals surface area contributed by atoms with Gasteiger partial charge in [0.2, 0.25) is 0 Å². The zero-order valence-electron chi connectivity index (χ0n) is 28.5. The number of benzene rings is 8. The van der Waals surface area contributed by atoms with Gasteiger partial charge in [-0.3, -0.25) is 0 Å². The third-order valence-corrected chi connectivity index (χ3v) is 10.4. The van der Waals surface area contributed by atoms with Crippen molar-refractivity contribution < 1.29 is 0 Å². The molecule has 248 valence electrons. The fourth-order valence-electron chi connectivity index (χ4n) is 8.01. The fourth-order valence-corrected chi connectivity index (χ4v) is 8.20. The molecule has 8 aromatic carbocycles. The lowest BCUT2D eigenvalue weighted by molar-refractivity contribution is 0.768.